The summed E-state index contributed by atoms with van der Waals surface area (Å²) in [6.45, 7) is 0. The number of carbonyl (C=O) groups is 1. The van der Waals surface area contributed by atoms with Crippen molar-refractivity contribution in [3.05, 3.63) is 11.5 Å². The Morgan fingerprint density at radius 3 is 2.83 bits per heavy atom. The van der Waals surface area contributed by atoms with Crippen LogP contribution in [0.25, 0.3) is 0 Å². The molecule has 1 fully saturated rings. The minimum atomic E-state index is -0.161. The molecule has 0 unspecified atom stereocenters. The summed E-state index contributed by atoms with van der Waals surface area (Å²) in [4.78, 5) is 20.1. The van der Waals surface area contributed by atoms with E-state index in [0.29, 0.717) is 17.9 Å². The first-order chi connectivity index (χ1) is 8.67. The van der Waals surface area contributed by atoms with E-state index in [4.69, 9.17) is 11.6 Å². The van der Waals surface area contributed by atoms with Crippen LogP contribution >= 0.6 is 11.6 Å². The summed E-state index contributed by atoms with van der Waals surface area (Å²) in [6.07, 6.45) is 7.58. The number of halogens is 1. The summed E-state index contributed by atoms with van der Waals surface area (Å²) in [5.74, 6) is 0.664. The Balaban J connectivity index is 1.98. The summed E-state index contributed by atoms with van der Waals surface area (Å²) >= 11 is 5.82. The van der Waals surface area contributed by atoms with E-state index in [1.165, 1.54) is 6.42 Å². The van der Waals surface area contributed by atoms with Crippen molar-refractivity contribution in [2.45, 2.75) is 44.1 Å². The van der Waals surface area contributed by atoms with Crippen LogP contribution in [0.2, 0.25) is 5.28 Å². The molecule has 1 aromatic heterocycles. The number of rotatable bonds is 0. The van der Waals surface area contributed by atoms with Crippen molar-refractivity contribution >= 4 is 29.0 Å². The summed E-state index contributed by atoms with van der Waals surface area (Å²) < 4.78 is 0. The van der Waals surface area contributed by atoms with E-state index in [0.717, 1.165) is 25.7 Å². The predicted molar refractivity (Wildman–Crippen MR) is 69.7 cm³/mol. The Kier molecular flexibility index (Phi) is 2.86. The van der Waals surface area contributed by atoms with Gasteiger partial charge in [0.25, 0.3) is 0 Å². The predicted octanol–water partition coefficient (Wildman–Crippen LogP) is 2.59. The molecule has 0 aromatic carbocycles. The number of carbonyl (C=O) groups excluding carboxylic acids is 1. The molecule has 2 N–H and O–H groups in total. The molecule has 1 aromatic rings. The topological polar surface area (TPSA) is 66.9 Å². The Bertz CT molecular complexity index is 485. The van der Waals surface area contributed by atoms with Crippen LogP contribution in [0.15, 0.2) is 6.20 Å². The lowest BCUT2D eigenvalue weighted by Crippen LogP contribution is -2.42. The highest BCUT2D eigenvalue weighted by atomic mass is 35.5. The van der Waals surface area contributed by atoms with Crippen LogP contribution in [0.1, 0.15) is 38.5 Å². The van der Waals surface area contributed by atoms with Gasteiger partial charge in [-0.05, 0) is 24.4 Å². The lowest BCUT2D eigenvalue weighted by atomic mass is 9.79. The van der Waals surface area contributed by atoms with Crippen molar-refractivity contribution in [1.29, 1.82) is 0 Å². The van der Waals surface area contributed by atoms with Gasteiger partial charge >= 0.3 is 0 Å². The van der Waals surface area contributed by atoms with E-state index < -0.39 is 0 Å². The molecule has 2 aliphatic rings. The average molecular weight is 267 g/mol. The van der Waals surface area contributed by atoms with Gasteiger partial charge in [-0.1, -0.05) is 19.3 Å². The van der Waals surface area contributed by atoms with E-state index >= 15 is 0 Å². The van der Waals surface area contributed by atoms with Gasteiger partial charge in [-0.2, -0.15) is 4.98 Å². The molecule has 5 nitrogen and oxygen atoms in total. The molecule has 0 bridgehead atoms. The third-order valence-electron chi connectivity index (χ3n) is 3.73. The lowest BCUT2D eigenvalue weighted by Gasteiger charge is -2.36. The Labute approximate surface area is 110 Å². The van der Waals surface area contributed by atoms with E-state index in [-0.39, 0.29) is 16.7 Å². The first kappa shape index (κ1) is 11.7. The largest absolute Gasteiger partial charge is 0.362 e. The third kappa shape index (κ3) is 2.14. The molecule has 0 radical (unpaired) electrons. The van der Waals surface area contributed by atoms with Crippen molar-refractivity contribution in [3.63, 3.8) is 0 Å². The van der Waals surface area contributed by atoms with Gasteiger partial charge in [0.2, 0.25) is 11.2 Å². The molecule has 1 aliphatic carbocycles. The summed E-state index contributed by atoms with van der Waals surface area (Å²) in [5, 5.41) is 6.46. The minimum absolute atomic E-state index is 0.0223. The normalized spacial score (nSPS) is 21.7. The van der Waals surface area contributed by atoms with Crippen LogP contribution in [-0.2, 0) is 4.79 Å². The zero-order valence-corrected chi connectivity index (χ0v) is 10.8. The second-order valence-electron chi connectivity index (χ2n) is 5.09. The molecular weight excluding hydrogens is 252 g/mol. The SMILES string of the molecule is O=C1CC2(CCCCC2)Nc2nc(Cl)ncc2N1. The standard InChI is InChI=1S/C12H15ClN4O/c13-11-14-7-8-10(16-11)17-12(6-9(18)15-8)4-2-1-3-5-12/h7H,1-6H2,(H,15,18)(H,14,16,17). The molecule has 1 aliphatic heterocycles. The zero-order valence-electron chi connectivity index (χ0n) is 10.0. The maximum absolute atomic E-state index is 12.0. The van der Waals surface area contributed by atoms with Crippen LogP contribution in [0.4, 0.5) is 11.5 Å². The lowest BCUT2D eigenvalue weighted by molar-refractivity contribution is -0.117. The number of nitrogens with one attached hydrogen (secondary N) is 2. The second-order valence-corrected chi connectivity index (χ2v) is 5.43. The maximum atomic E-state index is 12.0. The summed E-state index contributed by atoms with van der Waals surface area (Å²) in [7, 11) is 0. The van der Waals surface area contributed by atoms with Crippen LogP contribution in [0, 0.1) is 0 Å². The molecule has 1 saturated carbocycles. The van der Waals surface area contributed by atoms with Crippen LogP contribution in [-0.4, -0.2) is 21.4 Å². The van der Waals surface area contributed by atoms with E-state index in [1.54, 1.807) is 6.20 Å². The minimum Gasteiger partial charge on any atom is -0.362 e. The Morgan fingerprint density at radius 2 is 2.06 bits per heavy atom. The Hall–Kier alpha value is -1.36. The maximum Gasteiger partial charge on any atom is 0.226 e. The number of nitrogens with zero attached hydrogens (tertiary/aromatic N) is 2. The first-order valence-corrected chi connectivity index (χ1v) is 6.65. The van der Waals surface area contributed by atoms with Crippen molar-refractivity contribution in [1.82, 2.24) is 9.97 Å². The third-order valence-corrected chi connectivity index (χ3v) is 3.91. The quantitative estimate of drug-likeness (QED) is 0.709. The average Bonchev–Trinajstić information content (AvgIpc) is 2.45. The van der Waals surface area contributed by atoms with Gasteiger partial charge in [-0.3, -0.25) is 4.79 Å². The van der Waals surface area contributed by atoms with Gasteiger partial charge in [0, 0.05) is 12.0 Å². The molecule has 0 saturated heterocycles. The van der Waals surface area contributed by atoms with Crippen molar-refractivity contribution < 1.29 is 4.79 Å². The summed E-state index contributed by atoms with van der Waals surface area (Å²) in [6, 6.07) is 0. The highest BCUT2D eigenvalue weighted by molar-refractivity contribution is 6.28. The van der Waals surface area contributed by atoms with E-state index in [9.17, 15) is 4.79 Å². The fourth-order valence-electron chi connectivity index (χ4n) is 2.87. The number of aromatic nitrogens is 2. The van der Waals surface area contributed by atoms with Crippen molar-refractivity contribution in [2.24, 2.45) is 0 Å². The molecule has 3 rings (SSSR count). The highest BCUT2D eigenvalue weighted by Gasteiger charge is 2.37. The molecule has 1 spiro atoms. The van der Waals surface area contributed by atoms with Crippen LogP contribution < -0.4 is 10.6 Å². The smallest absolute Gasteiger partial charge is 0.226 e. The molecule has 1 amide bonds. The zero-order chi connectivity index (χ0) is 12.6. The molecule has 18 heavy (non-hydrogen) atoms. The first-order valence-electron chi connectivity index (χ1n) is 6.28. The van der Waals surface area contributed by atoms with Crippen LogP contribution in [0.5, 0.6) is 0 Å². The van der Waals surface area contributed by atoms with Gasteiger partial charge in [-0.15, -0.1) is 0 Å². The molecule has 96 valence electrons. The molecule has 6 heteroatoms. The fourth-order valence-corrected chi connectivity index (χ4v) is 3.01. The number of hydrogen-bond donors (Lipinski definition) is 2. The fraction of sp³-hybridized carbons (Fsp3) is 0.583. The number of amides is 1. The van der Waals surface area contributed by atoms with Gasteiger partial charge in [-0.25, -0.2) is 4.98 Å². The summed E-state index contributed by atoms with van der Waals surface area (Å²) in [5.41, 5.74) is 0.456. The molecule has 0 atom stereocenters. The second kappa shape index (κ2) is 4.39. The number of fused-ring (bicyclic) bond motifs is 1. The van der Waals surface area contributed by atoms with Crippen LogP contribution in [0.3, 0.4) is 0 Å². The van der Waals surface area contributed by atoms with Crippen molar-refractivity contribution in [2.75, 3.05) is 10.6 Å². The van der Waals surface area contributed by atoms with Gasteiger partial charge < -0.3 is 10.6 Å². The van der Waals surface area contributed by atoms with Gasteiger partial charge in [0.15, 0.2) is 5.82 Å². The van der Waals surface area contributed by atoms with Crippen molar-refractivity contribution in [3.8, 4) is 0 Å². The van der Waals surface area contributed by atoms with Gasteiger partial charge in [0.05, 0.1) is 6.20 Å². The van der Waals surface area contributed by atoms with E-state index in [1.807, 2.05) is 0 Å². The highest BCUT2D eigenvalue weighted by Crippen LogP contribution is 2.38. The molecular formula is C12H15ClN4O. The number of anilines is 2. The monoisotopic (exact) mass is 266 g/mol. The van der Waals surface area contributed by atoms with E-state index in [2.05, 4.69) is 20.6 Å². The molecule has 2 heterocycles. The Morgan fingerprint density at radius 1 is 1.28 bits per heavy atom. The van der Waals surface area contributed by atoms with Gasteiger partial charge in [0.1, 0.15) is 5.69 Å². The number of hydrogen-bond acceptors (Lipinski definition) is 4.